The number of rotatable bonds is 5. The van der Waals surface area contributed by atoms with Crippen molar-refractivity contribution in [3.63, 3.8) is 0 Å². The number of hydrogen-bond donors (Lipinski definition) is 0. The van der Waals surface area contributed by atoms with Gasteiger partial charge in [0.05, 0.1) is 18.6 Å². The zero-order valence-electron chi connectivity index (χ0n) is 13.2. The molecule has 1 aromatic carbocycles. The molecule has 4 heteroatoms. The Hall–Kier alpha value is -0.620. The van der Waals surface area contributed by atoms with E-state index in [4.69, 9.17) is 4.84 Å². The molecule has 3 atom stereocenters. The number of hydroxylamine groups is 2. The van der Waals surface area contributed by atoms with Gasteiger partial charge in [-0.3, -0.25) is 9.63 Å². The van der Waals surface area contributed by atoms with Crippen LogP contribution in [-0.4, -0.2) is 22.5 Å². The Morgan fingerprint density at radius 3 is 2.43 bits per heavy atom. The molecular weight excluding hydrogens is 377 g/mol. The molecule has 1 aliphatic heterocycles. The number of alkyl halides is 1. The normalized spacial score (nSPS) is 29.4. The van der Waals surface area contributed by atoms with Crippen LogP contribution in [0.5, 0.6) is 0 Å². The second-order valence-corrected chi connectivity index (χ2v) is 7.33. The van der Waals surface area contributed by atoms with E-state index in [9.17, 15) is 4.79 Å². The van der Waals surface area contributed by atoms with Crippen LogP contribution in [0.3, 0.4) is 0 Å². The predicted octanol–water partition coefficient (Wildman–Crippen LogP) is 4.23. The van der Waals surface area contributed by atoms with Gasteiger partial charge in [-0.05, 0) is 17.9 Å². The summed E-state index contributed by atoms with van der Waals surface area (Å²) in [7, 11) is 1.60. The Kier molecular flexibility index (Phi) is 5.30. The molecule has 0 bridgehead atoms. The summed E-state index contributed by atoms with van der Waals surface area (Å²) >= 11 is 2.41. The lowest BCUT2D eigenvalue weighted by Gasteiger charge is -2.30. The molecular formula is C17H24INO2. The van der Waals surface area contributed by atoms with Gasteiger partial charge in [0.1, 0.15) is 0 Å². The Morgan fingerprint density at radius 1 is 1.33 bits per heavy atom. The largest absolute Gasteiger partial charge is 0.274 e. The third-order valence-corrected chi connectivity index (χ3v) is 5.43. The molecule has 0 spiro atoms. The standard InChI is InChI=1S/C17H24INO2/c1-12(2)10-17(3)14(11-18)15(19(21-4)16(17)20)13-8-6-5-7-9-13/h5-9,12,14-15H,10-11H2,1-4H3/t14-,15-,17+/m1/s1. The van der Waals surface area contributed by atoms with E-state index in [-0.39, 0.29) is 23.3 Å². The second-order valence-electron chi connectivity index (χ2n) is 6.45. The molecule has 21 heavy (non-hydrogen) atoms. The molecule has 116 valence electrons. The molecule has 0 radical (unpaired) electrons. The van der Waals surface area contributed by atoms with Gasteiger partial charge in [-0.15, -0.1) is 0 Å². The molecule has 1 saturated heterocycles. The molecule has 0 saturated carbocycles. The SMILES string of the molecule is CON1C(=O)[C@@](C)(CC(C)C)[C@H](CI)[C@H]1c1ccccc1. The van der Waals surface area contributed by atoms with E-state index in [0.717, 1.165) is 16.4 Å². The number of hydrogen-bond acceptors (Lipinski definition) is 2. The Bertz CT molecular complexity index is 491. The Balaban J connectivity index is 2.46. The average Bonchev–Trinajstić information content (AvgIpc) is 2.67. The minimum absolute atomic E-state index is 0.00403. The van der Waals surface area contributed by atoms with Crippen molar-refractivity contribution in [2.75, 3.05) is 11.5 Å². The van der Waals surface area contributed by atoms with Gasteiger partial charge in [0.25, 0.3) is 5.91 Å². The van der Waals surface area contributed by atoms with Gasteiger partial charge in [-0.2, -0.15) is 0 Å². The smallest absolute Gasteiger partial charge is 0.253 e. The highest BCUT2D eigenvalue weighted by molar-refractivity contribution is 14.1. The van der Waals surface area contributed by atoms with Crippen LogP contribution in [0.2, 0.25) is 0 Å². The number of carbonyl (C=O) groups excluding carboxylic acids is 1. The maximum atomic E-state index is 12.9. The number of nitrogens with zero attached hydrogens (tertiary/aromatic N) is 1. The summed E-state index contributed by atoms with van der Waals surface area (Å²) in [4.78, 5) is 18.4. The van der Waals surface area contributed by atoms with Crippen molar-refractivity contribution in [2.24, 2.45) is 17.3 Å². The maximum absolute atomic E-state index is 12.9. The molecule has 1 aliphatic rings. The summed E-state index contributed by atoms with van der Waals surface area (Å²) in [6.45, 7) is 6.46. The van der Waals surface area contributed by atoms with E-state index < -0.39 is 0 Å². The van der Waals surface area contributed by atoms with Gasteiger partial charge in [-0.1, -0.05) is 73.7 Å². The predicted molar refractivity (Wildman–Crippen MR) is 93.0 cm³/mol. The quantitative estimate of drug-likeness (QED) is 0.546. The Labute approximate surface area is 141 Å². The van der Waals surface area contributed by atoms with Crippen LogP contribution in [0.1, 0.15) is 38.8 Å². The van der Waals surface area contributed by atoms with Crippen molar-refractivity contribution in [1.29, 1.82) is 0 Å². The fourth-order valence-electron chi connectivity index (χ4n) is 3.60. The number of halogens is 1. The van der Waals surface area contributed by atoms with Crippen molar-refractivity contribution in [3.8, 4) is 0 Å². The van der Waals surface area contributed by atoms with E-state index in [0.29, 0.717) is 5.92 Å². The Morgan fingerprint density at radius 2 is 1.95 bits per heavy atom. The summed E-state index contributed by atoms with van der Waals surface area (Å²) < 4.78 is 0.937. The van der Waals surface area contributed by atoms with Crippen LogP contribution < -0.4 is 0 Å². The number of benzene rings is 1. The van der Waals surface area contributed by atoms with Crippen molar-refractivity contribution in [3.05, 3.63) is 35.9 Å². The lowest BCUT2D eigenvalue weighted by molar-refractivity contribution is -0.183. The minimum Gasteiger partial charge on any atom is -0.274 e. The van der Waals surface area contributed by atoms with Crippen LogP contribution in [0.4, 0.5) is 0 Å². The highest BCUT2D eigenvalue weighted by atomic mass is 127. The molecule has 1 heterocycles. The first-order valence-electron chi connectivity index (χ1n) is 7.44. The highest BCUT2D eigenvalue weighted by Gasteiger charge is 2.56. The van der Waals surface area contributed by atoms with Crippen LogP contribution in [0.15, 0.2) is 30.3 Å². The molecule has 0 aromatic heterocycles. The lowest BCUT2D eigenvalue weighted by Crippen LogP contribution is -2.35. The van der Waals surface area contributed by atoms with Gasteiger partial charge in [0.15, 0.2) is 0 Å². The van der Waals surface area contributed by atoms with Crippen LogP contribution in [0.25, 0.3) is 0 Å². The first-order valence-corrected chi connectivity index (χ1v) is 8.97. The summed E-state index contributed by atoms with van der Waals surface area (Å²) in [5, 5.41) is 1.60. The number of carbonyl (C=O) groups is 1. The monoisotopic (exact) mass is 401 g/mol. The molecule has 0 unspecified atom stereocenters. The van der Waals surface area contributed by atoms with Crippen molar-refractivity contribution in [2.45, 2.75) is 33.2 Å². The third kappa shape index (κ3) is 2.97. The molecule has 3 nitrogen and oxygen atoms in total. The lowest BCUT2D eigenvalue weighted by atomic mass is 9.71. The zero-order valence-corrected chi connectivity index (χ0v) is 15.3. The van der Waals surface area contributed by atoms with Crippen LogP contribution in [-0.2, 0) is 9.63 Å². The molecule has 0 N–H and O–H groups in total. The van der Waals surface area contributed by atoms with E-state index in [1.807, 2.05) is 18.2 Å². The van der Waals surface area contributed by atoms with Crippen LogP contribution >= 0.6 is 22.6 Å². The topological polar surface area (TPSA) is 29.5 Å². The fraction of sp³-hybridized carbons (Fsp3) is 0.588. The van der Waals surface area contributed by atoms with Crippen molar-refractivity contribution < 1.29 is 9.63 Å². The second kappa shape index (κ2) is 6.65. The third-order valence-electron chi connectivity index (χ3n) is 4.48. The van der Waals surface area contributed by atoms with Crippen molar-refractivity contribution in [1.82, 2.24) is 5.06 Å². The van der Waals surface area contributed by atoms with Crippen LogP contribution in [0, 0.1) is 17.3 Å². The van der Waals surface area contributed by atoms with Gasteiger partial charge in [0.2, 0.25) is 0 Å². The van der Waals surface area contributed by atoms with E-state index in [2.05, 4.69) is 55.5 Å². The highest BCUT2D eigenvalue weighted by Crippen LogP contribution is 2.52. The van der Waals surface area contributed by atoms with E-state index in [1.54, 1.807) is 12.2 Å². The summed E-state index contributed by atoms with van der Waals surface area (Å²) in [6, 6.07) is 10.2. The summed E-state index contributed by atoms with van der Waals surface area (Å²) in [5.74, 6) is 0.863. The number of amides is 1. The zero-order chi connectivity index (χ0) is 15.6. The van der Waals surface area contributed by atoms with E-state index in [1.165, 1.54) is 0 Å². The summed E-state index contributed by atoms with van der Waals surface area (Å²) in [5.41, 5.74) is 0.799. The molecule has 1 fully saturated rings. The van der Waals surface area contributed by atoms with Gasteiger partial charge < -0.3 is 0 Å². The average molecular weight is 401 g/mol. The molecule has 2 rings (SSSR count). The van der Waals surface area contributed by atoms with Crippen molar-refractivity contribution >= 4 is 28.5 Å². The van der Waals surface area contributed by atoms with E-state index >= 15 is 0 Å². The molecule has 1 amide bonds. The molecule has 0 aliphatic carbocycles. The van der Waals surface area contributed by atoms with Gasteiger partial charge >= 0.3 is 0 Å². The summed E-state index contributed by atoms with van der Waals surface area (Å²) in [6.07, 6.45) is 0.892. The first-order chi connectivity index (χ1) is 9.95. The molecule has 1 aromatic rings. The van der Waals surface area contributed by atoms with Gasteiger partial charge in [-0.25, -0.2) is 5.06 Å². The maximum Gasteiger partial charge on any atom is 0.253 e. The fourth-order valence-corrected chi connectivity index (χ4v) is 5.06. The first kappa shape index (κ1) is 16.7. The van der Waals surface area contributed by atoms with Gasteiger partial charge in [0, 0.05) is 10.3 Å². The minimum atomic E-state index is -0.355.